The zero-order valence-corrected chi connectivity index (χ0v) is 10.9. The standard InChI is InChI=1S/C14H18N4O/c15-7-11-1-4-14(16-8-11)17-9-13-10-18(5-6-19-13)12-2-3-12/h1,4,8,12-13H,2-3,5-6,9-10H2,(H,16,17)/t13-/m0/s1. The first-order chi connectivity index (χ1) is 9.35. The third-order valence-corrected chi connectivity index (χ3v) is 3.64. The molecule has 1 N–H and O–H groups in total. The van der Waals surface area contributed by atoms with Gasteiger partial charge in [0, 0.05) is 31.9 Å². The number of hydrogen-bond acceptors (Lipinski definition) is 5. The highest BCUT2D eigenvalue weighted by Gasteiger charge is 2.32. The average Bonchev–Trinajstić information content (AvgIpc) is 3.31. The molecular formula is C14H18N4O. The molecule has 2 heterocycles. The van der Waals surface area contributed by atoms with Crippen LogP contribution in [0.25, 0.3) is 0 Å². The van der Waals surface area contributed by atoms with Crippen molar-refractivity contribution in [2.24, 2.45) is 0 Å². The van der Waals surface area contributed by atoms with Crippen LogP contribution in [0.2, 0.25) is 0 Å². The second kappa shape index (κ2) is 5.55. The van der Waals surface area contributed by atoms with Gasteiger partial charge in [0.15, 0.2) is 0 Å². The summed E-state index contributed by atoms with van der Waals surface area (Å²) >= 11 is 0. The van der Waals surface area contributed by atoms with Gasteiger partial charge in [-0.3, -0.25) is 4.90 Å². The smallest absolute Gasteiger partial charge is 0.126 e. The summed E-state index contributed by atoms with van der Waals surface area (Å²) in [7, 11) is 0. The van der Waals surface area contributed by atoms with Gasteiger partial charge in [-0.25, -0.2) is 4.98 Å². The van der Waals surface area contributed by atoms with Crippen molar-refractivity contribution in [1.82, 2.24) is 9.88 Å². The van der Waals surface area contributed by atoms with E-state index in [1.54, 1.807) is 12.3 Å². The molecule has 1 atom stereocenters. The van der Waals surface area contributed by atoms with Gasteiger partial charge in [0.2, 0.25) is 0 Å². The lowest BCUT2D eigenvalue weighted by Crippen LogP contribution is -2.46. The summed E-state index contributed by atoms with van der Waals surface area (Å²) in [4.78, 5) is 6.73. The van der Waals surface area contributed by atoms with Gasteiger partial charge < -0.3 is 10.1 Å². The molecule has 100 valence electrons. The summed E-state index contributed by atoms with van der Waals surface area (Å²) < 4.78 is 5.77. The summed E-state index contributed by atoms with van der Waals surface area (Å²) in [5, 5.41) is 12.0. The van der Waals surface area contributed by atoms with E-state index in [9.17, 15) is 0 Å². The van der Waals surface area contributed by atoms with Crippen molar-refractivity contribution in [3.05, 3.63) is 23.9 Å². The number of nitrogens with zero attached hydrogens (tertiary/aromatic N) is 3. The third-order valence-electron chi connectivity index (χ3n) is 3.64. The number of pyridine rings is 1. The lowest BCUT2D eigenvalue weighted by Gasteiger charge is -2.33. The van der Waals surface area contributed by atoms with Crippen LogP contribution in [0.15, 0.2) is 18.3 Å². The highest BCUT2D eigenvalue weighted by atomic mass is 16.5. The Morgan fingerprint density at radius 2 is 2.37 bits per heavy atom. The monoisotopic (exact) mass is 258 g/mol. The number of morpholine rings is 1. The number of hydrogen-bond donors (Lipinski definition) is 1. The van der Waals surface area contributed by atoms with Crippen LogP contribution in [0.4, 0.5) is 5.82 Å². The van der Waals surface area contributed by atoms with E-state index < -0.39 is 0 Å². The Morgan fingerprint density at radius 3 is 3.05 bits per heavy atom. The van der Waals surface area contributed by atoms with Crippen LogP contribution in [0.5, 0.6) is 0 Å². The Morgan fingerprint density at radius 1 is 1.47 bits per heavy atom. The van der Waals surface area contributed by atoms with E-state index >= 15 is 0 Å². The van der Waals surface area contributed by atoms with Crippen LogP contribution in [-0.2, 0) is 4.74 Å². The molecule has 1 saturated carbocycles. The van der Waals surface area contributed by atoms with Crippen molar-refractivity contribution in [3.8, 4) is 6.07 Å². The van der Waals surface area contributed by atoms with Crippen molar-refractivity contribution in [2.45, 2.75) is 25.0 Å². The molecule has 2 aliphatic rings. The first-order valence-electron chi connectivity index (χ1n) is 6.81. The normalized spacial score (nSPS) is 23.8. The molecule has 0 bridgehead atoms. The molecule has 1 aliphatic carbocycles. The minimum atomic E-state index is 0.229. The van der Waals surface area contributed by atoms with Gasteiger partial charge in [-0.2, -0.15) is 5.26 Å². The fourth-order valence-electron chi connectivity index (χ4n) is 2.42. The molecule has 5 nitrogen and oxygen atoms in total. The van der Waals surface area contributed by atoms with Gasteiger partial charge in [0.25, 0.3) is 0 Å². The predicted molar refractivity (Wildman–Crippen MR) is 71.8 cm³/mol. The predicted octanol–water partition coefficient (Wildman–Crippen LogP) is 1.23. The van der Waals surface area contributed by atoms with Gasteiger partial charge in [0.05, 0.1) is 18.3 Å². The van der Waals surface area contributed by atoms with Crippen LogP contribution >= 0.6 is 0 Å². The topological polar surface area (TPSA) is 61.2 Å². The molecule has 1 aromatic rings. The maximum atomic E-state index is 8.71. The first kappa shape index (κ1) is 12.4. The molecule has 2 fully saturated rings. The Kier molecular flexibility index (Phi) is 3.62. The molecule has 1 aliphatic heterocycles. The summed E-state index contributed by atoms with van der Waals surface area (Å²) in [6.07, 6.45) is 4.50. The molecule has 5 heteroatoms. The highest BCUT2D eigenvalue weighted by molar-refractivity contribution is 5.38. The molecule has 1 saturated heterocycles. The Labute approximate surface area is 113 Å². The summed E-state index contributed by atoms with van der Waals surface area (Å²) in [5.41, 5.74) is 0.583. The zero-order valence-electron chi connectivity index (χ0n) is 10.9. The molecule has 3 rings (SSSR count). The quantitative estimate of drug-likeness (QED) is 0.880. The molecular weight excluding hydrogens is 240 g/mol. The fourth-order valence-corrected chi connectivity index (χ4v) is 2.42. The number of nitrogens with one attached hydrogen (secondary N) is 1. The van der Waals surface area contributed by atoms with Crippen molar-refractivity contribution < 1.29 is 4.74 Å². The first-order valence-corrected chi connectivity index (χ1v) is 6.81. The summed E-state index contributed by atoms with van der Waals surface area (Å²) in [6, 6.07) is 6.47. The Hall–Kier alpha value is -1.64. The lowest BCUT2D eigenvalue weighted by atomic mass is 10.2. The van der Waals surface area contributed by atoms with E-state index in [4.69, 9.17) is 10.00 Å². The van der Waals surface area contributed by atoms with Gasteiger partial charge in [-0.1, -0.05) is 0 Å². The number of ether oxygens (including phenoxy) is 1. The second-order valence-electron chi connectivity index (χ2n) is 5.14. The number of anilines is 1. The van der Waals surface area contributed by atoms with Gasteiger partial charge in [0.1, 0.15) is 11.9 Å². The van der Waals surface area contributed by atoms with Crippen molar-refractivity contribution >= 4 is 5.82 Å². The minimum absolute atomic E-state index is 0.229. The molecule has 0 amide bonds. The molecule has 0 unspecified atom stereocenters. The van der Waals surface area contributed by atoms with E-state index in [1.807, 2.05) is 6.07 Å². The van der Waals surface area contributed by atoms with Crippen molar-refractivity contribution in [2.75, 3.05) is 31.6 Å². The van der Waals surface area contributed by atoms with E-state index in [0.29, 0.717) is 5.56 Å². The fraction of sp³-hybridized carbons (Fsp3) is 0.571. The molecule has 1 aromatic heterocycles. The van der Waals surface area contributed by atoms with Crippen molar-refractivity contribution in [3.63, 3.8) is 0 Å². The Bertz CT molecular complexity index is 463. The van der Waals surface area contributed by atoms with Crippen LogP contribution in [0.3, 0.4) is 0 Å². The maximum Gasteiger partial charge on any atom is 0.126 e. The van der Waals surface area contributed by atoms with Gasteiger partial charge in [-0.05, 0) is 25.0 Å². The third kappa shape index (κ3) is 3.22. The largest absolute Gasteiger partial charge is 0.374 e. The number of rotatable bonds is 4. The zero-order chi connectivity index (χ0) is 13.1. The summed E-state index contributed by atoms with van der Waals surface area (Å²) in [6.45, 7) is 3.66. The number of nitriles is 1. The molecule has 0 aromatic carbocycles. The van der Waals surface area contributed by atoms with Crippen LogP contribution in [-0.4, -0.2) is 48.3 Å². The van der Waals surface area contributed by atoms with Gasteiger partial charge in [-0.15, -0.1) is 0 Å². The van der Waals surface area contributed by atoms with E-state index in [0.717, 1.165) is 38.1 Å². The SMILES string of the molecule is N#Cc1ccc(NC[C@H]2CN(C3CC3)CCO2)nc1. The van der Waals surface area contributed by atoms with Crippen LogP contribution in [0, 0.1) is 11.3 Å². The molecule has 0 spiro atoms. The number of aromatic nitrogens is 1. The lowest BCUT2D eigenvalue weighted by molar-refractivity contribution is -0.0241. The molecule has 0 radical (unpaired) electrons. The second-order valence-corrected chi connectivity index (χ2v) is 5.14. The molecule has 19 heavy (non-hydrogen) atoms. The van der Waals surface area contributed by atoms with Crippen molar-refractivity contribution in [1.29, 1.82) is 5.26 Å². The van der Waals surface area contributed by atoms with Crippen LogP contribution < -0.4 is 5.32 Å². The van der Waals surface area contributed by atoms with E-state index in [1.165, 1.54) is 12.8 Å². The summed E-state index contributed by atoms with van der Waals surface area (Å²) in [5.74, 6) is 0.797. The average molecular weight is 258 g/mol. The van der Waals surface area contributed by atoms with E-state index in [2.05, 4.69) is 21.3 Å². The van der Waals surface area contributed by atoms with Gasteiger partial charge >= 0.3 is 0 Å². The van der Waals surface area contributed by atoms with Crippen LogP contribution in [0.1, 0.15) is 18.4 Å². The Balaban J connectivity index is 1.49. The highest BCUT2D eigenvalue weighted by Crippen LogP contribution is 2.28. The van der Waals surface area contributed by atoms with E-state index in [-0.39, 0.29) is 6.10 Å². The minimum Gasteiger partial charge on any atom is -0.374 e. The maximum absolute atomic E-state index is 8.71.